The van der Waals surface area contributed by atoms with Crippen molar-refractivity contribution in [3.05, 3.63) is 5.82 Å². The number of aryl methyl sites for hydroxylation is 1. The second kappa shape index (κ2) is 4.17. The van der Waals surface area contributed by atoms with Gasteiger partial charge < -0.3 is 5.11 Å². The van der Waals surface area contributed by atoms with Crippen LogP contribution in [-0.2, 0) is 18.3 Å². The van der Waals surface area contributed by atoms with Crippen molar-refractivity contribution in [2.45, 2.75) is 20.3 Å². The highest BCUT2D eigenvalue weighted by atomic mass is 16.4. The Morgan fingerprint density at radius 3 is 2.64 bits per heavy atom. The molecular weight excluding hydrogens is 184 g/mol. The van der Waals surface area contributed by atoms with Crippen LogP contribution in [0, 0.1) is 11.8 Å². The molecule has 0 aromatic carbocycles. The summed E-state index contributed by atoms with van der Waals surface area (Å²) in [6.45, 7) is 3.55. The molecule has 1 rings (SSSR count). The normalized spacial score (nSPS) is 15.1. The Labute approximate surface area is 81.9 Å². The van der Waals surface area contributed by atoms with Gasteiger partial charge in [0.25, 0.3) is 0 Å². The number of carboxylic acid groups (broad SMARTS) is 1. The highest BCUT2D eigenvalue weighted by Gasteiger charge is 2.21. The van der Waals surface area contributed by atoms with Crippen LogP contribution in [0.15, 0.2) is 0 Å². The van der Waals surface area contributed by atoms with E-state index in [0.717, 1.165) is 0 Å². The lowest BCUT2D eigenvalue weighted by Crippen LogP contribution is -2.20. The van der Waals surface area contributed by atoms with Crippen LogP contribution in [0.4, 0.5) is 0 Å². The Balaban J connectivity index is 2.56. The Morgan fingerprint density at radius 1 is 1.57 bits per heavy atom. The molecule has 0 saturated heterocycles. The number of aliphatic carboxylic acids is 1. The van der Waals surface area contributed by atoms with Crippen molar-refractivity contribution in [1.82, 2.24) is 20.2 Å². The zero-order valence-electron chi connectivity index (χ0n) is 8.51. The van der Waals surface area contributed by atoms with E-state index in [1.54, 1.807) is 14.0 Å². The summed E-state index contributed by atoms with van der Waals surface area (Å²) in [5.41, 5.74) is 0. The number of carbonyl (C=O) groups is 1. The van der Waals surface area contributed by atoms with Gasteiger partial charge in [-0.25, -0.2) is 0 Å². The first-order chi connectivity index (χ1) is 6.50. The molecule has 0 spiro atoms. The molecule has 1 aromatic heterocycles. The Morgan fingerprint density at radius 2 is 2.21 bits per heavy atom. The molecule has 1 heterocycles. The predicted octanol–water partition coefficient (Wildman–Crippen LogP) is 0.109. The van der Waals surface area contributed by atoms with Gasteiger partial charge in [-0.1, -0.05) is 13.8 Å². The molecule has 1 N–H and O–H groups in total. The van der Waals surface area contributed by atoms with Crippen molar-refractivity contribution in [3.63, 3.8) is 0 Å². The molecule has 2 unspecified atom stereocenters. The summed E-state index contributed by atoms with van der Waals surface area (Å²) < 4.78 is 0. The summed E-state index contributed by atoms with van der Waals surface area (Å²) in [4.78, 5) is 12.0. The van der Waals surface area contributed by atoms with Crippen LogP contribution in [0.3, 0.4) is 0 Å². The average Bonchev–Trinajstić information content (AvgIpc) is 2.49. The van der Waals surface area contributed by atoms with Gasteiger partial charge in [0.15, 0.2) is 5.82 Å². The summed E-state index contributed by atoms with van der Waals surface area (Å²) in [5.74, 6) is -0.579. The SMILES string of the molecule is CC(Cc1nnn(C)n1)C(C)C(=O)O. The van der Waals surface area contributed by atoms with Gasteiger partial charge in [0.1, 0.15) is 0 Å². The van der Waals surface area contributed by atoms with Crippen molar-refractivity contribution in [1.29, 1.82) is 0 Å². The summed E-state index contributed by atoms with van der Waals surface area (Å²) >= 11 is 0. The second-order valence-electron chi connectivity index (χ2n) is 3.50. The minimum Gasteiger partial charge on any atom is -0.481 e. The van der Waals surface area contributed by atoms with E-state index in [2.05, 4.69) is 15.4 Å². The van der Waals surface area contributed by atoms with E-state index in [1.807, 2.05) is 6.92 Å². The first-order valence-electron chi connectivity index (χ1n) is 4.46. The summed E-state index contributed by atoms with van der Waals surface area (Å²) in [6, 6.07) is 0. The quantitative estimate of drug-likeness (QED) is 0.742. The zero-order valence-corrected chi connectivity index (χ0v) is 8.51. The van der Waals surface area contributed by atoms with Crippen molar-refractivity contribution in [2.75, 3.05) is 0 Å². The Hall–Kier alpha value is -1.46. The minimum absolute atomic E-state index is 0.0108. The number of tetrazole rings is 1. The van der Waals surface area contributed by atoms with E-state index >= 15 is 0 Å². The van der Waals surface area contributed by atoms with Crippen molar-refractivity contribution in [2.24, 2.45) is 18.9 Å². The van der Waals surface area contributed by atoms with Crippen LogP contribution in [-0.4, -0.2) is 31.3 Å². The van der Waals surface area contributed by atoms with Gasteiger partial charge in [0.05, 0.1) is 13.0 Å². The molecule has 0 aliphatic heterocycles. The predicted molar refractivity (Wildman–Crippen MR) is 48.5 cm³/mol. The summed E-state index contributed by atoms with van der Waals surface area (Å²) in [7, 11) is 1.68. The molecule has 1 aromatic rings. The van der Waals surface area contributed by atoms with Crippen LogP contribution in [0.2, 0.25) is 0 Å². The van der Waals surface area contributed by atoms with Crippen molar-refractivity contribution < 1.29 is 9.90 Å². The number of carboxylic acids is 1. The highest BCUT2D eigenvalue weighted by molar-refractivity contribution is 5.69. The molecule has 0 aliphatic carbocycles. The van der Waals surface area contributed by atoms with Gasteiger partial charge >= 0.3 is 5.97 Å². The van der Waals surface area contributed by atoms with E-state index < -0.39 is 5.97 Å². The lowest BCUT2D eigenvalue weighted by Gasteiger charge is -2.12. The zero-order chi connectivity index (χ0) is 10.7. The number of hydrogen-bond acceptors (Lipinski definition) is 4. The molecule has 0 amide bonds. The minimum atomic E-state index is -0.790. The number of rotatable bonds is 4. The van der Waals surface area contributed by atoms with Crippen LogP contribution < -0.4 is 0 Å². The fourth-order valence-electron chi connectivity index (χ4n) is 1.11. The third-order valence-electron chi connectivity index (χ3n) is 2.30. The Bertz CT molecular complexity index is 323. The number of hydrogen-bond donors (Lipinski definition) is 1. The van der Waals surface area contributed by atoms with Gasteiger partial charge in [0.2, 0.25) is 0 Å². The summed E-state index contributed by atoms with van der Waals surface area (Å²) in [5, 5.41) is 20.3. The monoisotopic (exact) mass is 198 g/mol. The highest BCUT2D eigenvalue weighted by Crippen LogP contribution is 2.14. The van der Waals surface area contributed by atoms with Crippen molar-refractivity contribution in [3.8, 4) is 0 Å². The van der Waals surface area contributed by atoms with E-state index in [0.29, 0.717) is 12.2 Å². The molecule has 0 fully saturated rings. The lowest BCUT2D eigenvalue weighted by molar-refractivity contribution is -0.142. The van der Waals surface area contributed by atoms with E-state index in [4.69, 9.17) is 5.11 Å². The second-order valence-corrected chi connectivity index (χ2v) is 3.50. The molecule has 2 atom stereocenters. The van der Waals surface area contributed by atoms with Gasteiger partial charge in [-0.05, 0) is 11.1 Å². The maximum atomic E-state index is 10.7. The summed E-state index contributed by atoms with van der Waals surface area (Å²) in [6.07, 6.45) is 0.543. The molecule has 0 bridgehead atoms. The van der Waals surface area contributed by atoms with Crippen LogP contribution in [0.25, 0.3) is 0 Å². The van der Waals surface area contributed by atoms with Gasteiger partial charge in [-0.15, -0.1) is 10.2 Å². The van der Waals surface area contributed by atoms with Gasteiger partial charge in [-0.2, -0.15) is 4.80 Å². The molecule has 6 heteroatoms. The molecular formula is C8H14N4O2. The molecule has 78 valence electrons. The average molecular weight is 198 g/mol. The molecule has 14 heavy (non-hydrogen) atoms. The van der Waals surface area contributed by atoms with Gasteiger partial charge in [-0.3, -0.25) is 4.79 Å². The number of aromatic nitrogens is 4. The standard InChI is InChI=1S/C8H14N4O2/c1-5(6(2)8(13)14)4-7-9-11-12(3)10-7/h5-6H,4H2,1-3H3,(H,13,14). The topological polar surface area (TPSA) is 80.9 Å². The van der Waals surface area contributed by atoms with E-state index in [9.17, 15) is 4.79 Å². The number of nitrogens with zero attached hydrogens (tertiary/aromatic N) is 4. The van der Waals surface area contributed by atoms with E-state index in [1.165, 1.54) is 4.80 Å². The van der Waals surface area contributed by atoms with E-state index in [-0.39, 0.29) is 11.8 Å². The van der Waals surface area contributed by atoms with Crippen molar-refractivity contribution >= 4 is 5.97 Å². The first kappa shape index (κ1) is 10.6. The fraction of sp³-hybridized carbons (Fsp3) is 0.750. The van der Waals surface area contributed by atoms with Crippen LogP contribution in [0.5, 0.6) is 0 Å². The maximum Gasteiger partial charge on any atom is 0.306 e. The third kappa shape index (κ3) is 2.51. The fourth-order valence-corrected chi connectivity index (χ4v) is 1.11. The lowest BCUT2D eigenvalue weighted by atomic mass is 9.93. The van der Waals surface area contributed by atoms with Gasteiger partial charge in [0, 0.05) is 6.42 Å². The Kier molecular flexibility index (Phi) is 3.16. The molecule has 0 saturated carbocycles. The molecule has 0 aliphatic rings. The smallest absolute Gasteiger partial charge is 0.306 e. The van der Waals surface area contributed by atoms with Crippen LogP contribution >= 0.6 is 0 Å². The first-order valence-corrected chi connectivity index (χ1v) is 4.46. The molecule has 6 nitrogen and oxygen atoms in total. The molecule has 0 radical (unpaired) electrons. The largest absolute Gasteiger partial charge is 0.481 e. The third-order valence-corrected chi connectivity index (χ3v) is 2.30. The van der Waals surface area contributed by atoms with Crippen LogP contribution in [0.1, 0.15) is 19.7 Å². The maximum absolute atomic E-state index is 10.7.